The second kappa shape index (κ2) is 10.7. The monoisotopic (exact) mass is 334 g/mol. The van der Waals surface area contributed by atoms with Crippen LogP contribution in [0.25, 0.3) is 0 Å². The number of nitrogens with one attached hydrogen (secondary N) is 1. The standard InChI is InChI=1S/C19H30N2O3/c1-5-7-8-13-20-19(23)15(3)21(18(22)6-2)14-16-9-11-17(24-4)12-10-16/h9-12,15H,5-8,13-14H2,1-4H3,(H,20,23)/t15-/m1/s1. The summed E-state index contributed by atoms with van der Waals surface area (Å²) in [5.74, 6) is 0.650. The lowest BCUT2D eigenvalue weighted by Gasteiger charge is -2.28. The zero-order valence-electron chi connectivity index (χ0n) is 15.3. The van der Waals surface area contributed by atoms with Crippen LogP contribution in [-0.2, 0) is 16.1 Å². The SMILES string of the molecule is CCCCCNC(=O)[C@@H](C)N(Cc1ccc(OC)cc1)C(=O)CC. The van der Waals surface area contributed by atoms with Gasteiger partial charge in [-0.25, -0.2) is 0 Å². The Morgan fingerprint density at radius 1 is 1.17 bits per heavy atom. The first-order valence-corrected chi connectivity index (χ1v) is 8.73. The second-order valence-electron chi connectivity index (χ2n) is 5.90. The van der Waals surface area contributed by atoms with Crippen molar-refractivity contribution in [2.45, 2.75) is 59.0 Å². The minimum atomic E-state index is -0.485. The number of hydrogen-bond donors (Lipinski definition) is 1. The average Bonchev–Trinajstić information content (AvgIpc) is 2.62. The molecule has 5 nitrogen and oxygen atoms in total. The number of ether oxygens (including phenoxy) is 1. The van der Waals surface area contributed by atoms with Crippen LogP contribution in [-0.4, -0.2) is 36.4 Å². The molecule has 0 aliphatic rings. The quantitative estimate of drug-likeness (QED) is 0.669. The third-order valence-electron chi connectivity index (χ3n) is 4.06. The van der Waals surface area contributed by atoms with Crippen molar-refractivity contribution < 1.29 is 14.3 Å². The summed E-state index contributed by atoms with van der Waals surface area (Å²) in [6.07, 6.45) is 3.56. The summed E-state index contributed by atoms with van der Waals surface area (Å²) in [5.41, 5.74) is 0.975. The van der Waals surface area contributed by atoms with E-state index in [1.807, 2.05) is 31.2 Å². The molecule has 0 saturated carbocycles. The molecule has 0 radical (unpaired) electrons. The predicted molar refractivity (Wildman–Crippen MR) is 95.8 cm³/mol. The van der Waals surface area contributed by atoms with Gasteiger partial charge in [0.2, 0.25) is 11.8 Å². The molecule has 0 spiro atoms. The smallest absolute Gasteiger partial charge is 0.242 e. The third-order valence-corrected chi connectivity index (χ3v) is 4.06. The van der Waals surface area contributed by atoms with Crippen LogP contribution < -0.4 is 10.1 Å². The van der Waals surface area contributed by atoms with Crippen molar-refractivity contribution in [3.8, 4) is 5.75 Å². The van der Waals surface area contributed by atoms with Crippen LogP contribution in [0.3, 0.4) is 0 Å². The van der Waals surface area contributed by atoms with E-state index in [2.05, 4.69) is 12.2 Å². The van der Waals surface area contributed by atoms with Crippen LogP contribution in [0.1, 0.15) is 52.0 Å². The van der Waals surface area contributed by atoms with E-state index in [0.29, 0.717) is 19.5 Å². The number of unbranched alkanes of at least 4 members (excludes halogenated alkanes) is 2. The van der Waals surface area contributed by atoms with E-state index < -0.39 is 6.04 Å². The largest absolute Gasteiger partial charge is 0.497 e. The fourth-order valence-corrected chi connectivity index (χ4v) is 2.45. The average molecular weight is 334 g/mol. The van der Waals surface area contributed by atoms with Gasteiger partial charge in [0.15, 0.2) is 0 Å². The zero-order chi connectivity index (χ0) is 17.9. The Hall–Kier alpha value is -2.04. The van der Waals surface area contributed by atoms with Crippen molar-refractivity contribution in [3.05, 3.63) is 29.8 Å². The van der Waals surface area contributed by atoms with Gasteiger partial charge in [-0.15, -0.1) is 0 Å². The number of hydrogen-bond acceptors (Lipinski definition) is 3. The van der Waals surface area contributed by atoms with Crippen LogP contribution in [0.2, 0.25) is 0 Å². The van der Waals surface area contributed by atoms with E-state index in [9.17, 15) is 9.59 Å². The molecule has 0 saturated heterocycles. The van der Waals surface area contributed by atoms with Gasteiger partial charge in [0.05, 0.1) is 7.11 Å². The molecule has 0 heterocycles. The summed E-state index contributed by atoms with van der Waals surface area (Å²) >= 11 is 0. The Bertz CT molecular complexity index is 514. The number of methoxy groups -OCH3 is 1. The summed E-state index contributed by atoms with van der Waals surface area (Å²) in [7, 11) is 1.62. The van der Waals surface area contributed by atoms with E-state index in [4.69, 9.17) is 4.74 Å². The molecule has 0 bridgehead atoms. The van der Waals surface area contributed by atoms with Gasteiger partial charge in [-0.3, -0.25) is 9.59 Å². The van der Waals surface area contributed by atoms with Crippen molar-refractivity contribution in [2.75, 3.05) is 13.7 Å². The Morgan fingerprint density at radius 2 is 1.83 bits per heavy atom. The van der Waals surface area contributed by atoms with Crippen molar-refractivity contribution in [3.63, 3.8) is 0 Å². The van der Waals surface area contributed by atoms with Gasteiger partial charge in [0.25, 0.3) is 0 Å². The minimum Gasteiger partial charge on any atom is -0.497 e. The van der Waals surface area contributed by atoms with Crippen LogP contribution in [0.5, 0.6) is 5.75 Å². The molecular formula is C19H30N2O3. The predicted octanol–water partition coefficient (Wildman–Crippen LogP) is 3.13. The van der Waals surface area contributed by atoms with Gasteiger partial charge in [-0.05, 0) is 31.0 Å². The number of carbonyl (C=O) groups is 2. The molecule has 1 aromatic rings. The van der Waals surface area contributed by atoms with Crippen LogP contribution >= 0.6 is 0 Å². The molecule has 0 aromatic heterocycles. The fraction of sp³-hybridized carbons (Fsp3) is 0.579. The number of amides is 2. The van der Waals surface area contributed by atoms with Gasteiger partial charge >= 0.3 is 0 Å². The maximum Gasteiger partial charge on any atom is 0.242 e. The molecule has 2 amide bonds. The Morgan fingerprint density at radius 3 is 2.38 bits per heavy atom. The molecule has 1 N–H and O–H groups in total. The summed E-state index contributed by atoms with van der Waals surface area (Å²) in [5, 5.41) is 2.93. The Labute approximate surface area is 145 Å². The van der Waals surface area contributed by atoms with E-state index in [-0.39, 0.29) is 11.8 Å². The highest BCUT2D eigenvalue weighted by atomic mass is 16.5. The van der Waals surface area contributed by atoms with Crippen molar-refractivity contribution in [1.29, 1.82) is 0 Å². The summed E-state index contributed by atoms with van der Waals surface area (Å²) in [4.78, 5) is 26.3. The maximum absolute atomic E-state index is 12.3. The first-order chi connectivity index (χ1) is 11.5. The zero-order valence-corrected chi connectivity index (χ0v) is 15.3. The van der Waals surface area contributed by atoms with Gasteiger partial charge < -0.3 is 15.0 Å². The normalized spacial score (nSPS) is 11.7. The van der Waals surface area contributed by atoms with Gasteiger partial charge in [-0.2, -0.15) is 0 Å². The second-order valence-corrected chi connectivity index (χ2v) is 5.90. The molecule has 24 heavy (non-hydrogen) atoms. The Balaban J connectivity index is 2.72. The van der Waals surface area contributed by atoms with Crippen molar-refractivity contribution in [2.24, 2.45) is 0 Å². The molecule has 5 heteroatoms. The summed E-state index contributed by atoms with van der Waals surface area (Å²) in [6.45, 7) is 6.80. The molecule has 134 valence electrons. The molecule has 1 atom stereocenters. The lowest BCUT2D eigenvalue weighted by Crippen LogP contribution is -2.47. The Kier molecular flexibility index (Phi) is 8.90. The molecule has 0 aliphatic carbocycles. The van der Waals surface area contributed by atoms with Crippen LogP contribution in [0.15, 0.2) is 24.3 Å². The summed E-state index contributed by atoms with van der Waals surface area (Å²) < 4.78 is 5.15. The molecule has 0 unspecified atom stereocenters. The molecule has 1 rings (SSSR count). The third kappa shape index (κ3) is 6.22. The van der Waals surface area contributed by atoms with Crippen molar-refractivity contribution >= 4 is 11.8 Å². The maximum atomic E-state index is 12.3. The van der Waals surface area contributed by atoms with Gasteiger partial charge in [0, 0.05) is 19.5 Å². The van der Waals surface area contributed by atoms with E-state index in [1.54, 1.807) is 18.9 Å². The van der Waals surface area contributed by atoms with Crippen LogP contribution in [0, 0.1) is 0 Å². The van der Waals surface area contributed by atoms with E-state index >= 15 is 0 Å². The highest BCUT2D eigenvalue weighted by Crippen LogP contribution is 2.15. The van der Waals surface area contributed by atoms with Crippen LogP contribution in [0.4, 0.5) is 0 Å². The first-order valence-electron chi connectivity index (χ1n) is 8.73. The minimum absolute atomic E-state index is 0.0259. The van der Waals surface area contributed by atoms with E-state index in [1.165, 1.54) is 0 Å². The highest BCUT2D eigenvalue weighted by molar-refractivity contribution is 5.87. The molecule has 1 aromatic carbocycles. The lowest BCUT2D eigenvalue weighted by atomic mass is 10.1. The number of benzene rings is 1. The lowest BCUT2D eigenvalue weighted by molar-refractivity contribution is -0.140. The number of rotatable bonds is 10. The van der Waals surface area contributed by atoms with Crippen molar-refractivity contribution in [1.82, 2.24) is 10.2 Å². The van der Waals surface area contributed by atoms with Gasteiger partial charge in [-0.1, -0.05) is 38.8 Å². The summed E-state index contributed by atoms with van der Waals surface area (Å²) in [6, 6.07) is 7.07. The highest BCUT2D eigenvalue weighted by Gasteiger charge is 2.24. The fourth-order valence-electron chi connectivity index (χ4n) is 2.45. The number of nitrogens with zero attached hydrogens (tertiary/aromatic N) is 1. The van der Waals surface area contributed by atoms with Gasteiger partial charge in [0.1, 0.15) is 11.8 Å². The molecular weight excluding hydrogens is 304 g/mol. The molecule has 0 fully saturated rings. The topological polar surface area (TPSA) is 58.6 Å². The first kappa shape index (κ1) is 20.0. The van der Waals surface area contributed by atoms with E-state index in [0.717, 1.165) is 30.6 Å². The molecule has 0 aliphatic heterocycles. The number of carbonyl (C=O) groups excluding carboxylic acids is 2.